The van der Waals surface area contributed by atoms with Crippen molar-refractivity contribution >= 4 is 11.8 Å². The molecule has 8 nitrogen and oxygen atoms in total. The number of benzene rings is 1. The SMILES string of the molecule is CCNC(=NCC(O)c1cc(OC)cc(OC)c1)NC1CCN(c2cccc(C)n2)CC1. The lowest BCUT2D eigenvalue weighted by molar-refractivity contribution is 0.186. The van der Waals surface area contributed by atoms with E-state index in [0.717, 1.165) is 44.0 Å². The average molecular weight is 442 g/mol. The lowest BCUT2D eigenvalue weighted by Crippen LogP contribution is -2.49. The third-order valence-corrected chi connectivity index (χ3v) is 5.56. The van der Waals surface area contributed by atoms with Gasteiger partial charge in [-0.05, 0) is 56.5 Å². The van der Waals surface area contributed by atoms with Crippen molar-refractivity contribution in [3.8, 4) is 11.5 Å². The Labute approximate surface area is 190 Å². The normalized spacial score (nSPS) is 15.9. The second kappa shape index (κ2) is 11.6. The number of nitrogens with one attached hydrogen (secondary N) is 2. The molecule has 1 unspecified atom stereocenters. The highest BCUT2D eigenvalue weighted by molar-refractivity contribution is 5.80. The number of aliphatic hydroxyl groups excluding tert-OH is 1. The van der Waals surface area contributed by atoms with Crippen LogP contribution in [0.3, 0.4) is 0 Å². The standard InChI is InChI=1S/C24H35N5O3/c1-5-25-24(26-16-22(30)18-13-20(31-3)15-21(14-18)32-4)28-19-9-11-29(12-10-19)23-8-6-7-17(2)27-23/h6-8,13-15,19,22,30H,5,9-12,16H2,1-4H3,(H2,25,26,28). The van der Waals surface area contributed by atoms with Gasteiger partial charge in [-0.3, -0.25) is 4.99 Å². The van der Waals surface area contributed by atoms with Gasteiger partial charge in [-0.25, -0.2) is 4.98 Å². The number of aliphatic hydroxyl groups is 1. The van der Waals surface area contributed by atoms with E-state index in [9.17, 15) is 5.11 Å². The van der Waals surface area contributed by atoms with E-state index in [0.29, 0.717) is 29.1 Å². The summed E-state index contributed by atoms with van der Waals surface area (Å²) in [4.78, 5) is 11.6. The Morgan fingerprint density at radius 1 is 1.19 bits per heavy atom. The Bertz CT molecular complexity index is 875. The van der Waals surface area contributed by atoms with Gasteiger partial charge in [-0.1, -0.05) is 6.07 Å². The first-order valence-corrected chi connectivity index (χ1v) is 11.2. The van der Waals surface area contributed by atoms with E-state index in [2.05, 4.69) is 37.6 Å². The fraction of sp³-hybridized carbons (Fsp3) is 0.500. The fourth-order valence-corrected chi connectivity index (χ4v) is 3.78. The molecular weight excluding hydrogens is 406 g/mol. The number of aliphatic imine (C=N–C) groups is 1. The molecule has 0 spiro atoms. The number of pyridine rings is 1. The van der Waals surface area contributed by atoms with Crippen LogP contribution in [0.15, 0.2) is 41.4 Å². The van der Waals surface area contributed by atoms with Crippen molar-refractivity contribution in [2.24, 2.45) is 4.99 Å². The number of hydrogen-bond donors (Lipinski definition) is 3. The molecule has 174 valence electrons. The molecule has 1 saturated heterocycles. The van der Waals surface area contributed by atoms with E-state index in [-0.39, 0.29) is 6.54 Å². The first kappa shape index (κ1) is 23.7. The van der Waals surface area contributed by atoms with E-state index in [1.54, 1.807) is 32.4 Å². The number of aryl methyl sites for hydroxylation is 1. The van der Waals surface area contributed by atoms with E-state index in [4.69, 9.17) is 9.47 Å². The molecule has 3 N–H and O–H groups in total. The zero-order valence-corrected chi connectivity index (χ0v) is 19.5. The number of anilines is 1. The van der Waals surface area contributed by atoms with Gasteiger partial charge in [-0.2, -0.15) is 0 Å². The molecular formula is C24H35N5O3. The Morgan fingerprint density at radius 2 is 1.88 bits per heavy atom. The highest BCUT2D eigenvalue weighted by Gasteiger charge is 2.21. The Kier molecular flexibility index (Phi) is 8.56. The van der Waals surface area contributed by atoms with Crippen LogP contribution in [-0.2, 0) is 0 Å². The summed E-state index contributed by atoms with van der Waals surface area (Å²) in [5.74, 6) is 3.04. The molecule has 2 aromatic rings. The molecule has 1 fully saturated rings. The van der Waals surface area contributed by atoms with Crippen molar-refractivity contribution in [2.45, 2.75) is 38.8 Å². The molecule has 0 saturated carbocycles. The van der Waals surface area contributed by atoms with Crippen LogP contribution in [0.5, 0.6) is 11.5 Å². The second-order valence-electron chi connectivity index (χ2n) is 7.92. The topological polar surface area (TPSA) is 91.2 Å². The summed E-state index contributed by atoms with van der Waals surface area (Å²) in [6.07, 6.45) is 1.23. The van der Waals surface area contributed by atoms with E-state index >= 15 is 0 Å². The number of rotatable bonds is 8. The smallest absolute Gasteiger partial charge is 0.191 e. The van der Waals surface area contributed by atoms with Crippen LogP contribution in [0.25, 0.3) is 0 Å². The lowest BCUT2D eigenvalue weighted by Gasteiger charge is -2.34. The molecule has 32 heavy (non-hydrogen) atoms. The summed E-state index contributed by atoms with van der Waals surface area (Å²) in [6.45, 7) is 6.93. The van der Waals surface area contributed by atoms with Gasteiger partial charge >= 0.3 is 0 Å². The van der Waals surface area contributed by atoms with Crippen LogP contribution in [0, 0.1) is 6.92 Å². The van der Waals surface area contributed by atoms with Crippen molar-refractivity contribution < 1.29 is 14.6 Å². The number of aromatic nitrogens is 1. The number of hydrogen-bond acceptors (Lipinski definition) is 6. The highest BCUT2D eigenvalue weighted by Crippen LogP contribution is 2.26. The van der Waals surface area contributed by atoms with Crippen LogP contribution < -0.4 is 25.0 Å². The molecule has 1 aliphatic rings. The van der Waals surface area contributed by atoms with Crippen LogP contribution in [0.2, 0.25) is 0 Å². The number of methoxy groups -OCH3 is 2. The second-order valence-corrected chi connectivity index (χ2v) is 7.92. The molecule has 1 aromatic carbocycles. The molecule has 1 atom stereocenters. The minimum absolute atomic E-state index is 0.234. The minimum Gasteiger partial charge on any atom is -0.497 e. The maximum absolute atomic E-state index is 10.7. The summed E-state index contributed by atoms with van der Waals surface area (Å²) in [5.41, 5.74) is 1.75. The summed E-state index contributed by atoms with van der Waals surface area (Å²) in [5, 5.41) is 17.5. The predicted molar refractivity (Wildman–Crippen MR) is 128 cm³/mol. The number of nitrogens with zero attached hydrogens (tertiary/aromatic N) is 3. The van der Waals surface area contributed by atoms with Crippen molar-refractivity contribution in [3.05, 3.63) is 47.7 Å². The fourth-order valence-electron chi connectivity index (χ4n) is 3.78. The zero-order chi connectivity index (χ0) is 22.9. The summed E-state index contributed by atoms with van der Waals surface area (Å²) in [7, 11) is 3.19. The molecule has 3 rings (SSSR count). The first-order chi connectivity index (χ1) is 15.5. The Hall–Kier alpha value is -3.00. The quantitative estimate of drug-likeness (QED) is 0.429. The van der Waals surface area contributed by atoms with Gasteiger partial charge in [-0.15, -0.1) is 0 Å². The summed E-state index contributed by atoms with van der Waals surface area (Å²) < 4.78 is 10.6. The molecule has 2 heterocycles. The van der Waals surface area contributed by atoms with E-state index < -0.39 is 6.10 Å². The molecule has 0 radical (unpaired) electrons. The molecule has 0 bridgehead atoms. The van der Waals surface area contributed by atoms with Crippen LogP contribution in [0.1, 0.15) is 37.1 Å². The van der Waals surface area contributed by atoms with Gasteiger partial charge in [0.05, 0.1) is 26.9 Å². The summed E-state index contributed by atoms with van der Waals surface area (Å²) >= 11 is 0. The van der Waals surface area contributed by atoms with Crippen molar-refractivity contribution in [2.75, 3.05) is 45.3 Å². The van der Waals surface area contributed by atoms with Crippen molar-refractivity contribution in [1.29, 1.82) is 0 Å². The molecule has 1 aromatic heterocycles. The average Bonchev–Trinajstić information content (AvgIpc) is 2.82. The van der Waals surface area contributed by atoms with Gasteiger partial charge in [0.2, 0.25) is 0 Å². The molecule has 8 heteroatoms. The molecule has 0 amide bonds. The van der Waals surface area contributed by atoms with Crippen molar-refractivity contribution in [3.63, 3.8) is 0 Å². The maximum Gasteiger partial charge on any atom is 0.191 e. The third kappa shape index (κ3) is 6.50. The molecule has 1 aliphatic heterocycles. The Morgan fingerprint density at radius 3 is 2.47 bits per heavy atom. The largest absolute Gasteiger partial charge is 0.497 e. The van der Waals surface area contributed by atoms with Crippen LogP contribution in [0.4, 0.5) is 5.82 Å². The van der Waals surface area contributed by atoms with Gasteiger partial charge in [0.1, 0.15) is 17.3 Å². The van der Waals surface area contributed by atoms with Gasteiger partial charge < -0.3 is 30.1 Å². The van der Waals surface area contributed by atoms with Gasteiger partial charge in [0.15, 0.2) is 5.96 Å². The van der Waals surface area contributed by atoms with E-state index in [1.165, 1.54) is 0 Å². The monoisotopic (exact) mass is 441 g/mol. The highest BCUT2D eigenvalue weighted by atomic mass is 16.5. The minimum atomic E-state index is -0.760. The van der Waals surface area contributed by atoms with Crippen LogP contribution >= 0.6 is 0 Å². The number of ether oxygens (including phenoxy) is 2. The number of guanidine groups is 1. The van der Waals surface area contributed by atoms with Gasteiger partial charge in [0.25, 0.3) is 0 Å². The van der Waals surface area contributed by atoms with Crippen molar-refractivity contribution in [1.82, 2.24) is 15.6 Å². The Balaban J connectivity index is 1.58. The zero-order valence-electron chi connectivity index (χ0n) is 19.5. The molecule has 0 aliphatic carbocycles. The maximum atomic E-state index is 10.7. The van der Waals surface area contributed by atoms with E-state index in [1.807, 2.05) is 19.9 Å². The predicted octanol–water partition coefficient (Wildman–Crippen LogP) is 2.66. The lowest BCUT2D eigenvalue weighted by atomic mass is 10.1. The number of piperidine rings is 1. The summed E-state index contributed by atoms with van der Waals surface area (Å²) in [6, 6.07) is 11.9. The van der Waals surface area contributed by atoms with Crippen LogP contribution in [-0.4, -0.2) is 62.5 Å². The third-order valence-electron chi connectivity index (χ3n) is 5.56. The first-order valence-electron chi connectivity index (χ1n) is 11.2. The van der Waals surface area contributed by atoms with Gasteiger partial charge in [0, 0.05) is 37.4 Å².